The molecule has 0 spiro atoms. The Hall–Kier alpha value is -3.49. The van der Waals surface area contributed by atoms with E-state index in [0.29, 0.717) is 6.42 Å². The second-order valence-electron chi connectivity index (χ2n) is 14.5. The fourth-order valence-corrected chi connectivity index (χ4v) is 5.37. The first-order chi connectivity index (χ1) is 26.1. The predicted octanol–water partition coefficient (Wildman–Crippen LogP) is 9.63. The Labute approximate surface area is 329 Å². The molecule has 0 saturated heterocycles. The summed E-state index contributed by atoms with van der Waals surface area (Å²) in [6, 6.07) is -0.739. The topological polar surface area (TPSA) is 102 Å². The number of rotatable bonds is 35. The monoisotopic (exact) mass is 754 g/mol. The molecule has 2 atom stereocenters. The summed E-state index contributed by atoms with van der Waals surface area (Å²) >= 11 is 0. The van der Waals surface area contributed by atoms with Gasteiger partial charge in [0.25, 0.3) is 0 Å². The number of ether oxygens (including phenoxy) is 3. The van der Waals surface area contributed by atoms with Crippen molar-refractivity contribution in [1.82, 2.24) is 0 Å². The summed E-state index contributed by atoms with van der Waals surface area (Å²) in [6.07, 6.45) is 46.1. The van der Waals surface area contributed by atoms with Crippen molar-refractivity contribution in [3.8, 4) is 0 Å². The van der Waals surface area contributed by atoms with Gasteiger partial charge in [0.2, 0.25) is 0 Å². The van der Waals surface area contributed by atoms with Crippen molar-refractivity contribution in [3.05, 3.63) is 85.1 Å². The third kappa shape index (κ3) is 34.3. The maximum atomic E-state index is 12.7. The Morgan fingerprint density at radius 2 is 0.981 bits per heavy atom. The SMILES string of the molecule is CC/C=C/C/C=C/C/C=C/C/C=C/CCCCCC(=O)OCC(COCCC(C(=O)[O-])[N+](C)(C)C)OC(=O)CCCCCC/C=C/C/C=C/C/C=C/CC. The van der Waals surface area contributed by atoms with Gasteiger partial charge in [0.1, 0.15) is 12.6 Å². The summed E-state index contributed by atoms with van der Waals surface area (Å²) in [5.41, 5.74) is 0. The Morgan fingerprint density at radius 1 is 0.556 bits per heavy atom. The Balaban J connectivity index is 4.49. The van der Waals surface area contributed by atoms with Crippen LogP contribution in [-0.4, -0.2) is 75.5 Å². The second-order valence-corrected chi connectivity index (χ2v) is 14.5. The number of hydrogen-bond donors (Lipinski definition) is 0. The predicted molar refractivity (Wildman–Crippen MR) is 222 cm³/mol. The molecule has 54 heavy (non-hydrogen) atoms. The van der Waals surface area contributed by atoms with Crippen molar-refractivity contribution in [1.29, 1.82) is 0 Å². The summed E-state index contributed by atoms with van der Waals surface area (Å²) in [6.45, 7) is 4.34. The largest absolute Gasteiger partial charge is 0.544 e. The molecule has 0 heterocycles. The van der Waals surface area contributed by atoms with E-state index in [-0.39, 0.29) is 49.1 Å². The van der Waals surface area contributed by atoms with Crippen molar-refractivity contribution < 1.29 is 38.2 Å². The molecule has 0 aliphatic heterocycles. The van der Waals surface area contributed by atoms with Crippen LogP contribution >= 0.6 is 0 Å². The summed E-state index contributed by atoms with van der Waals surface area (Å²) in [4.78, 5) is 36.8. The number of allylic oxidation sites excluding steroid dienone is 14. The van der Waals surface area contributed by atoms with Crippen LogP contribution in [0, 0.1) is 0 Å². The zero-order valence-electron chi connectivity index (χ0n) is 34.6. The molecule has 0 aromatic heterocycles. The van der Waals surface area contributed by atoms with E-state index < -0.39 is 18.1 Å². The van der Waals surface area contributed by atoms with E-state index in [1.54, 1.807) is 21.1 Å². The van der Waals surface area contributed by atoms with Gasteiger partial charge < -0.3 is 28.6 Å². The summed E-state index contributed by atoms with van der Waals surface area (Å²) < 4.78 is 17.1. The minimum atomic E-state index is -1.14. The van der Waals surface area contributed by atoms with Crippen molar-refractivity contribution in [2.24, 2.45) is 0 Å². The van der Waals surface area contributed by atoms with E-state index in [4.69, 9.17) is 14.2 Å². The lowest BCUT2D eigenvalue weighted by molar-refractivity contribution is -0.889. The molecular formula is C46H75NO7. The van der Waals surface area contributed by atoms with Crippen LogP contribution in [-0.2, 0) is 28.6 Å². The molecule has 0 aromatic rings. The summed E-state index contributed by atoms with van der Waals surface area (Å²) in [5.74, 6) is -1.82. The van der Waals surface area contributed by atoms with Gasteiger partial charge in [0, 0.05) is 19.3 Å². The number of esters is 2. The lowest BCUT2D eigenvalue weighted by atomic mass is 10.1. The molecule has 0 rings (SSSR count). The Morgan fingerprint density at radius 3 is 1.44 bits per heavy atom. The molecular weight excluding hydrogens is 679 g/mol. The molecule has 0 saturated carbocycles. The lowest BCUT2D eigenvalue weighted by Crippen LogP contribution is -2.55. The van der Waals surface area contributed by atoms with Gasteiger partial charge in [-0.05, 0) is 83.5 Å². The standard InChI is InChI=1S/C46H75NO7/c1-6-8-10-12-14-16-18-20-22-23-25-26-28-30-32-34-36-44(48)53-41-42(40-52-39-38-43(46(50)51)47(3,4)5)54-45(49)37-35-33-31-29-27-24-21-19-17-15-13-11-9-7-2/h8-11,14-17,20-22,24-26,42-43H,6-7,12-13,18-19,23,27-41H2,1-5H3/b10-8+,11-9+,16-14+,17-15+,22-20+,24-21+,26-25+. The average molecular weight is 754 g/mol. The molecule has 2 unspecified atom stereocenters. The third-order valence-corrected chi connectivity index (χ3v) is 8.53. The van der Waals surface area contributed by atoms with Crippen LogP contribution in [0.5, 0.6) is 0 Å². The minimum absolute atomic E-state index is 0.0156. The number of carbonyl (C=O) groups is 3. The van der Waals surface area contributed by atoms with E-state index in [1.165, 1.54) is 0 Å². The molecule has 0 radical (unpaired) electrons. The highest BCUT2D eigenvalue weighted by atomic mass is 16.6. The van der Waals surface area contributed by atoms with E-state index in [2.05, 4.69) is 98.9 Å². The van der Waals surface area contributed by atoms with E-state index in [9.17, 15) is 19.5 Å². The van der Waals surface area contributed by atoms with E-state index >= 15 is 0 Å². The zero-order valence-corrected chi connectivity index (χ0v) is 34.6. The normalized spacial score (nSPS) is 13.9. The highest BCUT2D eigenvalue weighted by molar-refractivity contribution is 5.70. The number of aliphatic carboxylic acids is 1. The van der Waals surface area contributed by atoms with Crippen LogP contribution in [0.2, 0.25) is 0 Å². The number of carbonyl (C=O) groups excluding carboxylic acids is 3. The maximum absolute atomic E-state index is 12.7. The van der Waals surface area contributed by atoms with E-state index in [1.807, 2.05) is 0 Å². The second kappa shape index (κ2) is 36.5. The number of quaternary nitrogens is 1. The highest BCUT2D eigenvalue weighted by Gasteiger charge is 2.25. The first-order valence-electron chi connectivity index (χ1n) is 20.6. The molecule has 8 heteroatoms. The number of carboxylic acids is 1. The molecule has 0 amide bonds. The van der Waals surface area contributed by atoms with Gasteiger partial charge >= 0.3 is 11.9 Å². The van der Waals surface area contributed by atoms with Gasteiger partial charge in [-0.2, -0.15) is 0 Å². The average Bonchev–Trinajstić information content (AvgIpc) is 3.12. The van der Waals surface area contributed by atoms with Gasteiger partial charge in [-0.1, -0.05) is 118 Å². The van der Waals surface area contributed by atoms with Gasteiger partial charge in [-0.15, -0.1) is 0 Å². The van der Waals surface area contributed by atoms with E-state index in [0.717, 1.165) is 103 Å². The van der Waals surface area contributed by atoms with Crippen LogP contribution in [0.25, 0.3) is 0 Å². The van der Waals surface area contributed by atoms with Crippen LogP contribution in [0.15, 0.2) is 85.1 Å². The Bertz CT molecular complexity index is 1160. The first kappa shape index (κ1) is 50.5. The van der Waals surface area contributed by atoms with Crippen LogP contribution in [0.1, 0.15) is 136 Å². The van der Waals surface area contributed by atoms with Crippen LogP contribution in [0.3, 0.4) is 0 Å². The Kier molecular flexibility index (Phi) is 34.1. The fraction of sp³-hybridized carbons (Fsp3) is 0.630. The summed E-state index contributed by atoms with van der Waals surface area (Å²) in [5, 5.41) is 11.6. The van der Waals surface area contributed by atoms with Crippen molar-refractivity contribution in [2.45, 2.75) is 148 Å². The molecule has 0 N–H and O–H groups in total. The summed E-state index contributed by atoms with van der Waals surface area (Å²) in [7, 11) is 5.37. The molecule has 0 aliphatic rings. The number of hydrogen-bond acceptors (Lipinski definition) is 7. The zero-order chi connectivity index (χ0) is 40.0. The quantitative estimate of drug-likeness (QED) is 0.0275. The maximum Gasteiger partial charge on any atom is 0.306 e. The molecule has 0 aromatic carbocycles. The molecule has 8 nitrogen and oxygen atoms in total. The smallest absolute Gasteiger partial charge is 0.306 e. The first-order valence-corrected chi connectivity index (χ1v) is 20.6. The third-order valence-electron chi connectivity index (χ3n) is 8.53. The van der Waals surface area contributed by atoms with Crippen molar-refractivity contribution in [3.63, 3.8) is 0 Å². The van der Waals surface area contributed by atoms with Gasteiger partial charge in [0.15, 0.2) is 6.10 Å². The molecule has 0 bridgehead atoms. The lowest BCUT2D eigenvalue weighted by Gasteiger charge is -2.34. The van der Waals surface area contributed by atoms with Gasteiger partial charge in [0.05, 0.1) is 40.3 Å². The number of nitrogens with zero attached hydrogens (tertiary/aromatic N) is 1. The number of likely N-dealkylation sites (N-methyl/N-ethyl adjacent to an activating group) is 1. The molecule has 0 aliphatic carbocycles. The number of carboxylic acid groups (broad SMARTS) is 1. The van der Waals surface area contributed by atoms with Crippen molar-refractivity contribution in [2.75, 3.05) is 41.0 Å². The molecule has 306 valence electrons. The highest BCUT2D eigenvalue weighted by Crippen LogP contribution is 2.11. The fourth-order valence-electron chi connectivity index (χ4n) is 5.37. The van der Waals surface area contributed by atoms with Gasteiger partial charge in [-0.25, -0.2) is 0 Å². The number of unbranched alkanes of at least 4 members (excludes halogenated alkanes) is 7. The van der Waals surface area contributed by atoms with Crippen molar-refractivity contribution >= 4 is 17.9 Å². The molecule has 0 fully saturated rings. The van der Waals surface area contributed by atoms with Crippen LogP contribution in [0.4, 0.5) is 0 Å². The minimum Gasteiger partial charge on any atom is -0.544 e. The van der Waals surface area contributed by atoms with Gasteiger partial charge in [-0.3, -0.25) is 9.59 Å². The van der Waals surface area contributed by atoms with Crippen LogP contribution < -0.4 is 5.11 Å².